The highest BCUT2D eigenvalue weighted by Gasteiger charge is 2.19. The summed E-state index contributed by atoms with van der Waals surface area (Å²) in [6.07, 6.45) is 87.3. The van der Waals surface area contributed by atoms with Gasteiger partial charge in [0.2, 0.25) is 0 Å². The number of carbonyl (C=O) groups is 3. The summed E-state index contributed by atoms with van der Waals surface area (Å²) in [7, 11) is 0. The van der Waals surface area contributed by atoms with Crippen LogP contribution in [0.25, 0.3) is 0 Å². The molecule has 0 bridgehead atoms. The molecular weight excluding hydrogens is 973 g/mol. The Hall–Kier alpha value is -2.89. The summed E-state index contributed by atoms with van der Waals surface area (Å²) >= 11 is 0. The van der Waals surface area contributed by atoms with Crippen LogP contribution < -0.4 is 0 Å². The number of allylic oxidation sites excluding steroid dienone is 9. The molecule has 0 aliphatic heterocycles. The molecule has 1 atom stereocenters. The Morgan fingerprint density at radius 3 is 0.722 bits per heavy atom. The van der Waals surface area contributed by atoms with Gasteiger partial charge in [-0.1, -0.05) is 364 Å². The second-order valence-electron chi connectivity index (χ2n) is 23.4. The van der Waals surface area contributed by atoms with Gasteiger partial charge >= 0.3 is 17.9 Å². The van der Waals surface area contributed by atoms with Gasteiger partial charge in [0.15, 0.2) is 6.10 Å². The molecule has 0 aromatic rings. The van der Waals surface area contributed by atoms with Gasteiger partial charge < -0.3 is 14.2 Å². The zero-order valence-corrected chi connectivity index (χ0v) is 52.9. The normalized spacial score (nSPS) is 12.4. The van der Waals surface area contributed by atoms with Gasteiger partial charge in [-0.15, -0.1) is 0 Å². The molecule has 0 heterocycles. The lowest BCUT2D eigenvalue weighted by atomic mass is 10.0. The molecule has 0 radical (unpaired) electrons. The molecule has 0 fully saturated rings. The molecule has 0 rings (SSSR count). The van der Waals surface area contributed by atoms with Gasteiger partial charge in [0.25, 0.3) is 0 Å². The van der Waals surface area contributed by atoms with E-state index in [0.29, 0.717) is 12.8 Å². The molecule has 6 heteroatoms. The van der Waals surface area contributed by atoms with Gasteiger partial charge in [-0.2, -0.15) is 0 Å². The third-order valence-electron chi connectivity index (χ3n) is 15.6. The summed E-state index contributed by atoms with van der Waals surface area (Å²) < 4.78 is 16.8. The Balaban J connectivity index is 4.16. The summed E-state index contributed by atoms with van der Waals surface area (Å²) in [5.41, 5.74) is 0. The molecule has 0 aliphatic carbocycles. The van der Waals surface area contributed by atoms with Gasteiger partial charge in [-0.05, 0) is 44.9 Å². The predicted molar refractivity (Wildman–Crippen MR) is 344 cm³/mol. The first kappa shape index (κ1) is 76.1. The van der Waals surface area contributed by atoms with Crippen molar-refractivity contribution in [1.29, 1.82) is 0 Å². The van der Waals surface area contributed by atoms with Crippen LogP contribution >= 0.6 is 0 Å². The lowest BCUT2D eigenvalue weighted by molar-refractivity contribution is -0.166. The standard InChI is InChI=1S/C73H132O6/c1-4-7-10-13-16-19-22-25-28-29-30-31-32-33-34-35-36-37-38-39-40-41-42-43-44-46-48-51-54-57-60-63-66-72(75)78-69-70(68-77-71(74)65-62-59-56-53-50-47-27-24-21-18-15-12-9-6-3)79-73(76)67-64-61-58-55-52-49-45-26-23-20-17-14-11-8-5-2/h8,11,17,20,26,45,52,55,61,64,70H,4-7,9-10,12-16,18-19,21-25,27-44,46-51,53-54,56-60,62-63,65-69H2,1-3H3/b11-8-,20-17-,45-26-,55-52-,64-61-. The van der Waals surface area contributed by atoms with Crippen LogP contribution in [0.1, 0.15) is 367 Å². The number of hydrogen-bond acceptors (Lipinski definition) is 6. The molecule has 0 aliphatic rings. The highest BCUT2D eigenvalue weighted by Crippen LogP contribution is 2.19. The van der Waals surface area contributed by atoms with Crippen LogP contribution in [0.2, 0.25) is 0 Å². The summed E-state index contributed by atoms with van der Waals surface area (Å²) in [6.45, 7) is 6.50. The van der Waals surface area contributed by atoms with E-state index >= 15 is 0 Å². The van der Waals surface area contributed by atoms with Crippen molar-refractivity contribution in [2.45, 2.75) is 374 Å². The van der Waals surface area contributed by atoms with Gasteiger partial charge in [0, 0.05) is 12.8 Å². The fourth-order valence-electron chi connectivity index (χ4n) is 10.4. The number of esters is 3. The second-order valence-corrected chi connectivity index (χ2v) is 23.4. The molecule has 0 aromatic heterocycles. The van der Waals surface area contributed by atoms with Crippen LogP contribution in [-0.4, -0.2) is 37.2 Å². The first-order valence-corrected chi connectivity index (χ1v) is 34.8. The summed E-state index contributed by atoms with van der Waals surface area (Å²) in [5.74, 6) is -1.02. The third-order valence-corrected chi connectivity index (χ3v) is 15.6. The fourth-order valence-corrected chi connectivity index (χ4v) is 10.4. The molecule has 460 valence electrons. The van der Waals surface area contributed by atoms with E-state index in [9.17, 15) is 14.4 Å². The van der Waals surface area contributed by atoms with Crippen molar-refractivity contribution in [3.63, 3.8) is 0 Å². The minimum atomic E-state index is -0.826. The average molecular weight is 1110 g/mol. The minimum absolute atomic E-state index is 0.102. The maximum atomic E-state index is 12.8. The maximum Gasteiger partial charge on any atom is 0.310 e. The van der Waals surface area contributed by atoms with E-state index in [-0.39, 0.29) is 31.6 Å². The summed E-state index contributed by atoms with van der Waals surface area (Å²) in [6, 6.07) is 0. The molecule has 79 heavy (non-hydrogen) atoms. The van der Waals surface area contributed by atoms with Gasteiger partial charge in [-0.25, -0.2) is 0 Å². The van der Waals surface area contributed by atoms with Gasteiger partial charge in [0.05, 0.1) is 6.42 Å². The number of rotatable bonds is 64. The van der Waals surface area contributed by atoms with Crippen molar-refractivity contribution in [2.75, 3.05) is 13.2 Å². The molecule has 0 spiro atoms. The second kappa shape index (κ2) is 67.6. The van der Waals surface area contributed by atoms with Crippen molar-refractivity contribution in [3.8, 4) is 0 Å². The van der Waals surface area contributed by atoms with E-state index in [1.807, 2.05) is 6.08 Å². The Morgan fingerprint density at radius 1 is 0.266 bits per heavy atom. The first-order chi connectivity index (χ1) is 39.0. The van der Waals surface area contributed by atoms with Crippen LogP contribution in [0.5, 0.6) is 0 Å². The van der Waals surface area contributed by atoms with E-state index in [1.165, 1.54) is 257 Å². The van der Waals surface area contributed by atoms with Crippen LogP contribution in [-0.2, 0) is 28.6 Å². The molecule has 0 saturated heterocycles. The van der Waals surface area contributed by atoms with Crippen molar-refractivity contribution in [3.05, 3.63) is 60.8 Å². The lowest BCUT2D eigenvalue weighted by Gasteiger charge is -2.18. The van der Waals surface area contributed by atoms with Crippen molar-refractivity contribution in [1.82, 2.24) is 0 Å². The number of unbranched alkanes of at least 4 members (excludes halogenated alkanes) is 44. The van der Waals surface area contributed by atoms with E-state index < -0.39 is 12.1 Å². The highest BCUT2D eigenvalue weighted by atomic mass is 16.6. The smallest absolute Gasteiger partial charge is 0.310 e. The molecule has 1 unspecified atom stereocenters. The molecule has 0 amide bonds. The Morgan fingerprint density at radius 2 is 0.481 bits per heavy atom. The summed E-state index contributed by atoms with van der Waals surface area (Å²) in [4.78, 5) is 38.2. The number of ether oxygens (including phenoxy) is 3. The largest absolute Gasteiger partial charge is 0.462 e. The number of carbonyl (C=O) groups excluding carboxylic acids is 3. The minimum Gasteiger partial charge on any atom is -0.462 e. The Bertz CT molecular complexity index is 1410. The van der Waals surface area contributed by atoms with Crippen molar-refractivity contribution in [2.24, 2.45) is 0 Å². The molecule has 0 saturated carbocycles. The number of hydrogen-bond donors (Lipinski definition) is 0. The zero-order valence-electron chi connectivity index (χ0n) is 52.9. The lowest BCUT2D eigenvalue weighted by Crippen LogP contribution is -2.30. The van der Waals surface area contributed by atoms with E-state index in [1.54, 1.807) is 6.08 Å². The van der Waals surface area contributed by atoms with E-state index in [2.05, 4.69) is 69.4 Å². The van der Waals surface area contributed by atoms with Crippen LogP contribution in [0.3, 0.4) is 0 Å². The highest BCUT2D eigenvalue weighted by molar-refractivity contribution is 5.72. The molecular formula is C73H132O6. The Labute approximate surface area is 491 Å². The van der Waals surface area contributed by atoms with E-state index in [0.717, 1.165) is 70.6 Å². The average Bonchev–Trinajstić information content (AvgIpc) is 3.45. The fraction of sp³-hybridized carbons (Fsp3) is 0.822. The van der Waals surface area contributed by atoms with Crippen LogP contribution in [0.4, 0.5) is 0 Å². The monoisotopic (exact) mass is 1110 g/mol. The zero-order chi connectivity index (χ0) is 57.1. The maximum absolute atomic E-state index is 12.8. The first-order valence-electron chi connectivity index (χ1n) is 34.8. The van der Waals surface area contributed by atoms with Crippen LogP contribution in [0, 0.1) is 0 Å². The van der Waals surface area contributed by atoms with Gasteiger partial charge in [-0.3, -0.25) is 14.4 Å². The third kappa shape index (κ3) is 65.8. The summed E-state index contributed by atoms with van der Waals surface area (Å²) in [5, 5.41) is 0. The SMILES string of the molecule is CC/C=C\C/C=C\C/C=C\C/C=C\C/C=C\CC(=O)OC(COC(=O)CCCCCCCCCCCCCCCC)COC(=O)CCCCCCCCCCCCCCCCCCCCCCCCCCCCCCCCCC. The predicted octanol–water partition coefficient (Wildman–Crippen LogP) is 23.9. The molecule has 6 nitrogen and oxygen atoms in total. The van der Waals surface area contributed by atoms with Gasteiger partial charge in [0.1, 0.15) is 13.2 Å². The molecule has 0 N–H and O–H groups in total. The molecule has 0 aromatic carbocycles. The van der Waals surface area contributed by atoms with Crippen molar-refractivity contribution < 1.29 is 28.6 Å². The van der Waals surface area contributed by atoms with Crippen molar-refractivity contribution >= 4 is 17.9 Å². The topological polar surface area (TPSA) is 78.9 Å². The van der Waals surface area contributed by atoms with E-state index in [4.69, 9.17) is 14.2 Å². The quantitative estimate of drug-likeness (QED) is 0.0261. The Kier molecular flexibility index (Phi) is 65.1. The van der Waals surface area contributed by atoms with Crippen LogP contribution in [0.15, 0.2) is 60.8 Å².